The Kier molecular flexibility index (Phi) is 12.8. The maximum Gasteiger partial charge on any atom is 1.00 e. The number of hydrogen-bond acceptors (Lipinski definition) is 4. The summed E-state index contributed by atoms with van der Waals surface area (Å²) in [4.78, 5) is 19.1. The molecule has 0 aliphatic carbocycles. The summed E-state index contributed by atoms with van der Waals surface area (Å²) in [7, 11) is 0.545. The third kappa shape index (κ3) is 8.77. The van der Waals surface area contributed by atoms with Gasteiger partial charge < -0.3 is 19.8 Å². The van der Waals surface area contributed by atoms with Crippen molar-refractivity contribution < 1.29 is 49.4 Å². The van der Waals surface area contributed by atoms with Gasteiger partial charge in [0.25, 0.3) is 0 Å². The molecule has 1 rings (SSSR count). The van der Waals surface area contributed by atoms with E-state index in [9.17, 15) is 9.90 Å². The van der Waals surface area contributed by atoms with Crippen molar-refractivity contribution in [2.75, 3.05) is 0 Å². The molecule has 0 radical (unpaired) electrons. The molecule has 1 atom stereocenters. The number of aromatic carboxylic acids is 1. The van der Waals surface area contributed by atoms with Gasteiger partial charge in [0.05, 0.1) is 5.97 Å². The number of benzene rings is 1. The van der Waals surface area contributed by atoms with Crippen molar-refractivity contribution in [3.8, 4) is 5.75 Å². The molecule has 0 bridgehead atoms. The van der Waals surface area contributed by atoms with Crippen LogP contribution in [0.1, 0.15) is 17.3 Å². The molecule has 90 valence electrons. The summed E-state index contributed by atoms with van der Waals surface area (Å²) in [6, 6.07) is 6.76. The molecule has 0 saturated heterocycles. The average Bonchev–Trinajstić information content (AvgIpc) is 2.29. The Labute approximate surface area is 130 Å². The summed E-state index contributed by atoms with van der Waals surface area (Å²) in [5.41, 5.74) is -0.178. The molecule has 4 nitrogen and oxygen atoms in total. The first-order chi connectivity index (χ1) is 7.52. The van der Waals surface area contributed by atoms with Gasteiger partial charge in [-0.2, -0.15) is 0 Å². The monoisotopic (exact) mass is 296 g/mol. The number of carboxylic acids is 1. The van der Waals surface area contributed by atoms with Crippen LogP contribution < -0.4 is 34.7 Å². The molecule has 0 aliphatic rings. The average molecular weight is 296 g/mol. The first kappa shape index (κ1) is 19.4. The molecular weight excluding hydrogens is 279 g/mol. The normalized spacial score (nSPS) is 11.4. The minimum Gasteiger partial charge on any atom is -0.545 e. The summed E-state index contributed by atoms with van der Waals surface area (Å²) in [5, 5.41) is 19.0. The van der Waals surface area contributed by atoms with Crippen molar-refractivity contribution in [3.05, 3.63) is 29.8 Å². The van der Waals surface area contributed by atoms with Gasteiger partial charge in [-0.15, -0.1) is 0 Å². The minimum atomic E-state index is -1.36. The van der Waals surface area contributed by atoms with Gasteiger partial charge in [-0.3, -0.25) is 0 Å². The SMILES string of the molecule is CC[SiH](O)[SiH2][SiH3].O=C([O-])c1ccccc1O.[Na+]. The molecule has 17 heavy (non-hydrogen) atoms. The topological polar surface area (TPSA) is 80.6 Å². The molecule has 0 aliphatic heterocycles. The number of para-hydroxylation sites is 1. The van der Waals surface area contributed by atoms with E-state index in [0.29, 0.717) is 0 Å². The smallest absolute Gasteiger partial charge is 0.545 e. The fourth-order valence-electron chi connectivity index (χ4n) is 0.935. The van der Waals surface area contributed by atoms with Crippen LogP contribution in [0.25, 0.3) is 0 Å². The zero-order chi connectivity index (χ0) is 12.6. The van der Waals surface area contributed by atoms with Gasteiger partial charge in [0.2, 0.25) is 0 Å². The summed E-state index contributed by atoms with van der Waals surface area (Å²) in [6.07, 6.45) is 0. The molecule has 0 saturated carbocycles. The van der Waals surface area contributed by atoms with Crippen LogP contribution >= 0.6 is 0 Å². The second kappa shape index (κ2) is 11.2. The molecule has 0 aromatic heterocycles. The molecule has 1 aromatic rings. The Morgan fingerprint density at radius 2 is 2.06 bits per heavy atom. The number of hydrogen-bond donors (Lipinski definition) is 2. The number of aromatic hydroxyl groups is 1. The third-order valence-electron chi connectivity index (χ3n) is 2.07. The van der Waals surface area contributed by atoms with E-state index < -0.39 is 14.5 Å². The quantitative estimate of drug-likeness (QED) is 0.545. The minimum absolute atomic E-state index is 0. The van der Waals surface area contributed by atoms with Gasteiger partial charge in [0.15, 0.2) is 0 Å². The van der Waals surface area contributed by atoms with Gasteiger partial charge in [-0.25, -0.2) is 0 Å². The largest absolute Gasteiger partial charge is 1.00 e. The molecule has 0 spiro atoms. The summed E-state index contributed by atoms with van der Waals surface area (Å²) >= 11 is 0. The molecule has 2 N–H and O–H groups in total. The number of phenols is 1. The van der Waals surface area contributed by atoms with E-state index in [-0.39, 0.29) is 49.4 Å². The van der Waals surface area contributed by atoms with Gasteiger partial charge in [0, 0.05) is 14.1 Å². The Morgan fingerprint density at radius 3 is 2.29 bits per heavy atom. The second-order valence-corrected chi connectivity index (χ2v) is 18.8. The molecule has 1 aromatic carbocycles. The zero-order valence-electron chi connectivity index (χ0n) is 10.5. The van der Waals surface area contributed by atoms with Crippen LogP contribution in [0.4, 0.5) is 0 Å². The third-order valence-corrected chi connectivity index (χ3v) is 17.0. The molecule has 0 fully saturated rings. The molecule has 0 heterocycles. The predicted octanol–water partition coefficient (Wildman–Crippen LogP) is -5.57. The van der Waals surface area contributed by atoms with E-state index >= 15 is 0 Å². The van der Waals surface area contributed by atoms with E-state index in [1.54, 1.807) is 6.07 Å². The van der Waals surface area contributed by atoms with E-state index in [0.717, 1.165) is 6.04 Å². The van der Waals surface area contributed by atoms with Crippen molar-refractivity contribution in [2.45, 2.75) is 13.0 Å². The van der Waals surface area contributed by atoms with Gasteiger partial charge in [-0.1, -0.05) is 19.1 Å². The zero-order valence-corrected chi connectivity index (χ0v) is 17.1. The molecule has 1 unspecified atom stereocenters. The predicted molar refractivity (Wildman–Crippen MR) is 70.8 cm³/mol. The summed E-state index contributed by atoms with van der Waals surface area (Å²) in [5.74, 6) is -1.62. The maximum atomic E-state index is 10.2. The fourth-order valence-corrected chi connectivity index (χ4v) is 8.44. The first-order valence-corrected chi connectivity index (χ1v) is 15.5. The number of carbonyl (C=O) groups is 1. The first-order valence-electron chi connectivity index (χ1n) is 5.20. The van der Waals surface area contributed by atoms with E-state index in [1.165, 1.54) is 28.0 Å². The van der Waals surface area contributed by atoms with Gasteiger partial charge in [-0.05, 0) is 27.9 Å². The Bertz CT molecular complexity index is 334. The van der Waals surface area contributed by atoms with Crippen LogP contribution in [0.15, 0.2) is 24.3 Å². The summed E-state index contributed by atoms with van der Waals surface area (Å²) < 4.78 is 0. The van der Waals surface area contributed by atoms with Gasteiger partial charge >= 0.3 is 29.6 Å². The van der Waals surface area contributed by atoms with Crippen LogP contribution in [-0.2, 0) is 0 Å². The standard InChI is InChI=1S/C7H6O3.C2H12OSi3.Na/c8-6-4-2-1-3-5(6)7(9)10;1-2-6(3)5-4;/h1-4,8H,(H,9,10);3,6H,2,5H2,1,4H3;/q;;+1/p-1. The molecule has 0 amide bonds. The van der Waals surface area contributed by atoms with Gasteiger partial charge in [0.1, 0.15) is 14.3 Å². The molecule has 8 heteroatoms. The summed E-state index contributed by atoms with van der Waals surface area (Å²) in [6.45, 7) is 2.10. The number of carbonyl (C=O) groups excluding carboxylic acids is 1. The van der Waals surface area contributed by atoms with Crippen molar-refractivity contribution >= 4 is 32.8 Å². The van der Waals surface area contributed by atoms with Crippen molar-refractivity contribution in [3.63, 3.8) is 0 Å². The number of carboxylic acid groups (broad SMARTS) is 1. The Morgan fingerprint density at radius 1 is 1.53 bits per heavy atom. The van der Waals surface area contributed by atoms with E-state index in [1.807, 2.05) is 0 Å². The Hall–Kier alpha value is 0.101. The number of rotatable bonds is 3. The van der Waals surface area contributed by atoms with Crippen LogP contribution in [0.3, 0.4) is 0 Å². The fraction of sp³-hybridized carbons (Fsp3) is 0.222. The van der Waals surface area contributed by atoms with E-state index in [2.05, 4.69) is 6.92 Å². The Balaban J connectivity index is 0. The maximum absolute atomic E-state index is 10.2. The molecular formula is C9H17NaO4Si3. The van der Waals surface area contributed by atoms with Crippen LogP contribution in [0.5, 0.6) is 5.75 Å². The van der Waals surface area contributed by atoms with Crippen molar-refractivity contribution in [1.29, 1.82) is 0 Å². The second-order valence-electron chi connectivity index (χ2n) is 3.27. The van der Waals surface area contributed by atoms with Crippen LogP contribution in [0.2, 0.25) is 6.04 Å². The van der Waals surface area contributed by atoms with Crippen LogP contribution in [0, 0.1) is 0 Å². The van der Waals surface area contributed by atoms with Crippen LogP contribution in [-0.4, -0.2) is 42.7 Å². The van der Waals surface area contributed by atoms with Crippen molar-refractivity contribution in [1.82, 2.24) is 0 Å². The van der Waals surface area contributed by atoms with E-state index in [4.69, 9.17) is 9.90 Å². The van der Waals surface area contributed by atoms with Crippen molar-refractivity contribution in [2.24, 2.45) is 0 Å².